The summed E-state index contributed by atoms with van der Waals surface area (Å²) in [6, 6.07) is 2.18. The quantitative estimate of drug-likeness (QED) is 0.682. The van der Waals surface area contributed by atoms with Crippen LogP contribution in [0.1, 0.15) is 52.0 Å². The van der Waals surface area contributed by atoms with E-state index in [1.54, 1.807) is 0 Å². The fourth-order valence-electron chi connectivity index (χ4n) is 2.45. The van der Waals surface area contributed by atoms with E-state index in [1.165, 1.54) is 12.8 Å². The van der Waals surface area contributed by atoms with Crippen LogP contribution in [0.4, 0.5) is 0 Å². The van der Waals surface area contributed by atoms with Crippen molar-refractivity contribution in [3.05, 3.63) is 17.7 Å². The Morgan fingerprint density at radius 2 is 1.59 bits per heavy atom. The van der Waals surface area contributed by atoms with E-state index in [9.17, 15) is 18.6 Å². The molecule has 0 amide bonds. The van der Waals surface area contributed by atoms with Gasteiger partial charge >= 0.3 is 0 Å². The molecule has 0 aliphatic rings. The Balaban J connectivity index is 2.67. The monoisotopic (exact) mass is 329 g/mol. The molecule has 0 aliphatic carbocycles. The smallest absolute Gasteiger partial charge is 0.238 e. The number of phenols is 2. The highest BCUT2D eigenvalue weighted by atomic mass is 32.2. The molecule has 6 heteroatoms. The van der Waals surface area contributed by atoms with Crippen molar-refractivity contribution in [1.82, 2.24) is 0 Å². The van der Waals surface area contributed by atoms with Gasteiger partial charge in [0, 0.05) is 17.7 Å². The Labute approximate surface area is 133 Å². The Morgan fingerprint density at radius 1 is 1.05 bits per heavy atom. The molecule has 0 heterocycles. The van der Waals surface area contributed by atoms with E-state index in [0.29, 0.717) is 23.8 Å². The van der Waals surface area contributed by atoms with Gasteiger partial charge in [-0.1, -0.05) is 40.0 Å². The van der Waals surface area contributed by atoms with Crippen molar-refractivity contribution in [3.63, 3.8) is 0 Å². The second-order valence-electron chi connectivity index (χ2n) is 6.45. The van der Waals surface area contributed by atoms with Crippen LogP contribution in [-0.2, 0) is 16.4 Å². The molecule has 0 spiro atoms. The molecule has 0 aliphatic heterocycles. The lowest BCUT2D eigenvalue weighted by molar-refractivity contribution is 0.412. The zero-order valence-corrected chi connectivity index (χ0v) is 14.4. The molecule has 0 radical (unpaired) electrons. The molecule has 1 unspecified atom stereocenters. The molecular weight excluding hydrogens is 302 g/mol. The van der Waals surface area contributed by atoms with Gasteiger partial charge in [0.25, 0.3) is 0 Å². The molecule has 5 nitrogen and oxygen atoms in total. The molecule has 4 N–H and O–H groups in total. The van der Waals surface area contributed by atoms with Crippen LogP contribution in [0, 0.1) is 11.8 Å². The normalized spacial score (nSPS) is 13.5. The maximum atomic E-state index is 11.2. The molecule has 22 heavy (non-hydrogen) atoms. The van der Waals surface area contributed by atoms with Crippen LogP contribution in [0.5, 0.6) is 11.5 Å². The van der Waals surface area contributed by atoms with E-state index in [1.807, 2.05) is 0 Å². The van der Waals surface area contributed by atoms with E-state index in [4.69, 9.17) is 5.14 Å². The SMILES string of the molecule is CC(C)CCCC(C)CCc1c(O)cc(S(N)(=O)=O)cc1O. The van der Waals surface area contributed by atoms with Gasteiger partial charge < -0.3 is 10.2 Å². The van der Waals surface area contributed by atoms with Crippen LogP contribution >= 0.6 is 0 Å². The van der Waals surface area contributed by atoms with Crippen molar-refractivity contribution in [2.24, 2.45) is 17.0 Å². The summed E-state index contributed by atoms with van der Waals surface area (Å²) >= 11 is 0. The summed E-state index contributed by atoms with van der Waals surface area (Å²) in [6.45, 7) is 6.55. The zero-order valence-electron chi connectivity index (χ0n) is 13.5. The average molecular weight is 329 g/mol. The van der Waals surface area contributed by atoms with E-state index in [-0.39, 0.29) is 16.4 Å². The van der Waals surface area contributed by atoms with Crippen molar-refractivity contribution >= 4 is 10.0 Å². The van der Waals surface area contributed by atoms with Gasteiger partial charge in [-0.15, -0.1) is 0 Å². The third-order valence-electron chi connectivity index (χ3n) is 3.87. The topological polar surface area (TPSA) is 101 Å². The second kappa shape index (κ2) is 7.83. The Hall–Kier alpha value is -1.27. The first-order valence-corrected chi connectivity index (χ1v) is 9.23. The number of hydrogen-bond acceptors (Lipinski definition) is 4. The molecule has 0 saturated carbocycles. The van der Waals surface area contributed by atoms with Crippen molar-refractivity contribution in [2.75, 3.05) is 0 Å². The maximum Gasteiger partial charge on any atom is 0.238 e. The molecule has 1 aromatic rings. The van der Waals surface area contributed by atoms with Gasteiger partial charge in [-0.05, 0) is 24.7 Å². The predicted octanol–water partition coefficient (Wildman–Crippen LogP) is 3.14. The molecular formula is C16H27NO4S. The van der Waals surface area contributed by atoms with Crippen LogP contribution in [0.25, 0.3) is 0 Å². The first-order valence-electron chi connectivity index (χ1n) is 7.69. The summed E-state index contributed by atoms with van der Waals surface area (Å²) in [6.07, 6.45) is 4.80. The van der Waals surface area contributed by atoms with Gasteiger partial charge in [0.05, 0.1) is 4.90 Å². The number of aromatic hydroxyl groups is 2. The first-order chi connectivity index (χ1) is 10.1. The summed E-state index contributed by atoms with van der Waals surface area (Å²) in [5, 5.41) is 24.8. The van der Waals surface area contributed by atoms with E-state index in [0.717, 1.165) is 25.0 Å². The number of hydrogen-bond donors (Lipinski definition) is 3. The van der Waals surface area contributed by atoms with E-state index >= 15 is 0 Å². The van der Waals surface area contributed by atoms with E-state index < -0.39 is 10.0 Å². The molecule has 1 aromatic carbocycles. The number of primary sulfonamides is 1. The fourth-order valence-corrected chi connectivity index (χ4v) is 3.00. The average Bonchev–Trinajstić information content (AvgIpc) is 2.35. The van der Waals surface area contributed by atoms with Crippen LogP contribution in [0.15, 0.2) is 17.0 Å². The highest BCUT2D eigenvalue weighted by Crippen LogP contribution is 2.32. The van der Waals surface area contributed by atoms with Crippen molar-refractivity contribution in [3.8, 4) is 11.5 Å². The minimum Gasteiger partial charge on any atom is -0.507 e. The highest BCUT2D eigenvalue weighted by Gasteiger charge is 2.16. The lowest BCUT2D eigenvalue weighted by atomic mass is 9.94. The molecule has 1 rings (SSSR count). The lowest BCUT2D eigenvalue weighted by Gasteiger charge is -2.14. The largest absolute Gasteiger partial charge is 0.507 e. The van der Waals surface area contributed by atoms with Crippen LogP contribution < -0.4 is 5.14 Å². The number of sulfonamides is 1. The van der Waals surface area contributed by atoms with Gasteiger partial charge in [0.2, 0.25) is 10.0 Å². The van der Waals surface area contributed by atoms with Crippen molar-refractivity contribution < 1.29 is 18.6 Å². The Kier molecular flexibility index (Phi) is 6.68. The molecule has 0 aromatic heterocycles. The van der Waals surface area contributed by atoms with Crippen molar-refractivity contribution in [1.29, 1.82) is 0 Å². The fraction of sp³-hybridized carbons (Fsp3) is 0.625. The summed E-state index contributed by atoms with van der Waals surface area (Å²) < 4.78 is 22.5. The van der Waals surface area contributed by atoms with Gasteiger partial charge in [0.1, 0.15) is 11.5 Å². The third kappa shape index (κ3) is 5.85. The Bertz CT molecular complexity index is 573. The van der Waals surface area contributed by atoms with Crippen LogP contribution in [0.3, 0.4) is 0 Å². The summed E-state index contributed by atoms with van der Waals surface area (Å²) in [4.78, 5) is -0.281. The summed E-state index contributed by atoms with van der Waals surface area (Å²) in [7, 11) is -3.94. The standard InChI is InChI=1S/C16H27NO4S/c1-11(2)5-4-6-12(3)7-8-14-15(18)9-13(10-16(14)19)22(17,20)21/h9-12,18-19H,4-8H2,1-3H3,(H2,17,20,21). The third-order valence-corrected chi connectivity index (χ3v) is 4.76. The molecule has 0 saturated heterocycles. The van der Waals surface area contributed by atoms with Crippen molar-refractivity contribution in [2.45, 2.75) is 57.8 Å². The highest BCUT2D eigenvalue weighted by molar-refractivity contribution is 7.89. The number of benzene rings is 1. The summed E-state index contributed by atoms with van der Waals surface area (Å²) in [5.41, 5.74) is 0.378. The van der Waals surface area contributed by atoms with Crippen LogP contribution in [0.2, 0.25) is 0 Å². The number of nitrogens with two attached hydrogens (primary N) is 1. The zero-order chi connectivity index (χ0) is 16.9. The number of phenolic OH excluding ortho intramolecular Hbond substituents is 2. The lowest BCUT2D eigenvalue weighted by Crippen LogP contribution is -2.12. The first kappa shape index (κ1) is 18.8. The molecule has 0 fully saturated rings. The molecule has 0 bridgehead atoms. The Morgan fingerprint density at radius 3 is 2.05 bits per heavy atom. The van der Waals surface area contributed by atoms with Gasteiger partial charge in [0.15, 0.2) is 0 Å². The van der Waals surface area contributed by atoms with Gasteiger partial charge in [-0.2, -0.15) is 0 Å². The second-order valence-corrected chi connectivity index (χ2v) is 8.02. The minimum atomic E-state index is -3.94. The van der Waals surface area contributed by atoms with Gasteiger partial charge in [-0.25, -0.2) is 13.6 Å². The van der Waals surface area contributed by atoms with E-state index in [2.05, 4.69) is 20.8 Å². The van der Waals surface area contributed by atoms with Gasteiger partial charge in [-0.3, -0.25) is 0 Å². The van der Waals surface area contributed by atoms with Crippen LogP contribution in [-0.4, -0.2) is 18.6 Å². The predicted molar refractivity (Wildman–Crippen MR) is 87.3 cm³/mol. The molecule has 1 atom stereocenters. The molecule has 126 valence electrons. The number of rotatable bonds is 8. The summed E-state index contributed by atoms with van der Waals surface area (Å²) in [5.74, 6) is 0.735. The minimum absolute atomic E-state index is 0.224. The maximum absolute atomic E-state index is 11.2.